The van der Waals surface area contributed by atoms with Crippen LogP contribution in [-0.4, -0.2) is 23.2 Å². The van der Waals surface area contributed by atoms with Crippen LogP contribution < -0.4 is 0 Å². The molecule has 1 aliphatic carbocycles. The van der Waals surface area contributed by atoms with Crippen molar-refractivity contribution in [2.75, 3.05) is 13.1 Å². The molecule has 0 bridgehead atoms. The summed E-state index contributed by atoms with van der Waals surface area (Å²) in [7, 11) is 0. The van der Waals surface area contributed by atoms with Crippen molar-refractivity contribution in [3.8, 4) is 0 Å². The van der Waals surface area contributed by atoms with E-state index in [4.69, 9.17) is 0 Å². The number of thioether (sulfide) groups is 1. The minimum atomic E-state index is 0.790. The predicted octanol–water partition coefficient (Wildman–Crippen LogP) is 4.40. The molecule has 20 heavy (non-hydrogen) atoms. The molecule has 0 radical (unpaired) electrons. The fourth-order valence-electron chi connectivity index (χ4n) is 3.08. The van der Waals surface area contributed by atoms with E-state index in [1.54, 1.807) is 4.91 Å². The van der Waals surface area contributed by atoms with Gasteiger partial charge in [-0.2, -0.15) is 0 Å². The van der Waals surface area contributed by atoms with E-state index in [2.05, 4.69) is 39.5 Å². The summed E-state index contributed by atoms with van der Waals surface area (Å²) in [5, 5.41) is 4.80. The minimum absolute atomic E-state index is 0.790. The van der Waals surface area contributed by atoms with Crippen LogP contribution in [0.5, 0.6) is 0 Å². The maximum absolute atomic E-state index is 4.67. The molecule has 2 aliphatic heterocycles. The SMILES string of the molecule is c1cc(C2=C(C3CC3)SC3=NCCN32)c2sccc2c1. The van der Waals surface area contributed by atoms with Gasteiger partial charge in [0.05, 0.1) is 12.2 Å². The zero-order chi connectivity index (χ0) is 13.1. The molecule has 2 aromatic rings. The normalized spacial score (nSPS) is 21.8. The zero-order valence-corrected chi connectivity index (χ0v) is 12.6. The summed E-state index contributed by atoms with van der Waals surface area (Å²) in [5.41, 5.74) is 2.88. The van der Waals surface area contributed by atoms with Crippen molar-refractivity contribution in [2.45, 2.75) is 12.8 Å². The van der Waals surface area contributed by atoms with Crippen LogP contribution in [0.1, 0.15) is 18.4 Å². The number of rotatable bonds is 2. The smallest absolute Gasteiger partial charge is 0.168 e. The van der Waals surface area contributed by atoms with Gasteiger partial charge < -0.3 is 4.90 Å². The van der Waals surface area contributed by atoms with E-state index < -0.39 is 0 Å². The lowest BCUT2D eigenvalue weighted by atomic mass is 10.1. The molecule has 1 saturated carbocycles. The Morgan fingerprint density at radius 2 is 2.15 bits per heavy atom. The van der Waals surface area contributed by atoms with Crippen molar-refractivity contribution in [2.24, 2.45) is 10.9 Å². The molecule has 100 valence electrons. The maximum Gasteiger partial charge on any atom is 0.168 e. The third kappa shape index (κ3) is 1.55. The maximum atomic E-state index is 4.67. The summed E-state index contributed by atoms with van der Waals surface area (Å²) >= 11 is 3.79. The lowest BCUT2D eigenvalue weighted by molar-refractivity contribution is 0.646. The third-order valence-electron chi connectivity index (χ3n) is 4.19. The number of nitrogens with zero attached hydrogens (tertiary/aromatic N) is 2. The highest BCUT2D eigenvalue weighted by atomic mass is 32.2. The quantitative estimate of drug-likeness (QED) is 0.816. The monoisotopic (exact) mass is 298 g/mol. The number of hydrogen-bond donors (Lipinski definition) is 0. The fourth-order valence-corrected chi connectivity index (χ4v) is 5.36. The fraction of sp³-hybridized carbons (Fsp3) is 0.312. The Morgan fingerprint density at radius 3 is 3.05 bits per heavy atom. The summed E-state index contributed by atoms with van der Waals surface area (Å²) in [6.07, 6.45) is 2.71. The largest absolute Gasteiger partial charge is 0.318 e. The second-order valence-electron chi connectivity index (χ2n) is 5.55. The number of thiophene rings is 1. The number of allylic oxidation sites excluding steroid dienone is 1. The molecule has 3 aliphatic rings. The van der Waals surface area contributed by atoms with E-state index in [1.807, 2.05) is 23.1 Å². The number of fused-ring (bicyclic) bond motifs is 2. The summed E-state index contributed by atoms with van der Waals surface area (Å²) in [4.78, 5) is 8.69. The molecular weight excluding hydrogens is 284 g/mol. The van der Waals surface area contributed by atoms with Gasteiger partial charge in [0.25, 0.3) is 0 Å². The van der Waals surface area contributed by atoms with Crippen molar-refractivity contribution in [1.82, 2.24) is 4.90 Å². The molecule has 0 atom stereocenters. The van der Waals surface area contributed by atoms with Gasteiger partial charge in [0.2, 0.25) is 0 Å². The molecule has 1 aromatic carbocycles. The first-order valence-electron chi connectivity index (χ1n) is 7.12. The highest BCUT2D eigenvalue weighted by molar-refractivity contribution is 8.17. The molecule has 0 spiro atoms. The number of amidine groups is 1. The van der Waals surface area contributed by atoms with Gasteiger partial charge in [-0.05, 0) is 35.6 Å². The molecule has 1 aromatic heterocycles. The number of benzene rings is 1. The average Bonchev–Trinajstić information content (AvgIpc) is 2.89. The topological polar surface area (TPSA) is 15.6 Å². The van der Waals surface area contributed by atoms with Crippen molar-refractivity contribution in [3.05, 3.63) is 40.1 Å². The molecular formula is C16H14N2S2. The van der Waals surface area contributed by atoms with Crippen LogP contribution in [0, 0.1) is 5.92 Å². The highest BCUT2D eigenvalue weighted by Crippen LogP contribution is 2.53. The van der Waals surface area contributed by atoms with Crippen LogP contribution >= 0.6 is 23.1 Å². The molecule has 0 N–H and O–H groups in total. The van der Waals surface area contributed by atoms with Crippen LogP contribution in [0.15, 0.2) is 39.5 Å². The lowest BCUT2D eigenvalue weighted by Crippen LogP contribution is -2.20. The Balaban J connectivity index is 1.76. The second-order valence-corrected chi connectivity index (χ2v) is 7.47. The lowest BCUT2D eigenvalue weighted by Gasteiger charge is -2.18. The second kappa shape index (κ2) is 4.12. The summed E-state index contributed by atoms with van der Waals surface area (Å²) in [6.45, 7) is 2.00. The third-order valence-corrected chi connectivity index (χ3v) is 6.43. The van der Waals surface area contributed by atoms with E-state index in [0.29, 0.717) is 0 Å². The number of aliphatic imine (C=N–C) groups is 1. The van der Waals surface area contributed by atoms with E-state index >= 15 is 0 Å². The summed E-state index contributed by atoms with van der Waals surface area (Å²) in [6, 6.07) is 8.92. The minimum Gasteiger partial charge on any atom is -0.318 e. The first kappa shape index (κ1) is 11.4. The van der Waals surface area contributed by atoms with E-state index in [1.165, 1.54) is 39.4 Å². The first-order chi connectivity index (χ1) is 9.92. The molecule has 1 fully saturated rings. The Hall–Kier alpha value is -1.26. The first-order valence-corrected chi connectivity index (χ1v) is 8.82. The van der Waals surface area contributed by atoms with Crippen LogP contribution in [0.3, 0.4) is 0 Å². The van der Waals surface area contributed by atoms with Gasteiger partial charge in [0, 0.05) is 21.7 Å². The van der Waals surface area contributed by atoms with Gasteiger partial charge in [-0.25, -0.2) is 0 Å². The summed E-state index contributed by atoms with van der Waals surface area (Å²) in [5.74, 6) is 0.790. The van der Waals surface area contributed by atoms with Crippen molar-refractivity contribution in [1.29, 1.82) is 0 Å². The van der Waals surface area contributed by atoms with Gasteiger partial charge in [-0.1, -0.05) is 30.0 Å². The van der Waals surface area contributed by atoms with Crippen LogP contribution in [0.25, 0.3) is 15.8 Å². The Labute approximate surface area is 126 Å². The zero-order valence-electron chi connectivity index (χ0n) is 11.0. The van der Waals surface area contributed by atoms with E-state index in [9.17, 15) is 0 Å². The molecule has 0 saturated heterocycles. The molecule has 0 unspecified atom stereocenters. The highest BCUT2D eigenvalue weighted by Gasteiger charge is 2.40. The Morgan fingerprint density at radius 1 is 1.20 bits per heavy atom. The van der Waals surface area contributed by atoms with Crippen LogP contribution in [0.4, 0.5) is 0 Å². The Bertz CT molecular complexity index is 768. The molecule has 3 heterocycles. The van der Waals surface area contributed by atoms with Crippen LogP contribution in [0.2, 0.25) is 0 Å². The molecule has 2 nitrogen and oxygen atoms in total. The van der Waals surface area contributed by atoms with Crippen LogP contribution in [-0.2, 0) is 0 Å². The van der Waals surface area contributed by atoms with Gasteiger partial charge in [0.1, 0.15) is 0 Å². The van der Waals surface area contributed by atoms with Gasteiger partial charge >= 0.3 is 0 Å². The standard InChI is InChI=1S/C16H14N2S2/c1-2-10-6-9-19-14(10)12(3-1)13-15(11-4-5-11)20-16-17-7-8-18(13)16/h1-3,6,9,11H,4-5,7-8H2. The van der Waals surface area contributed by atoms with E-state index in [0.717, 1.165) is 19.0 Å². The number of hydrogen-bond acceptors (Lipinski definition) is 4. The van der Waals surface area contributed by atoms with Crippen molar-refractivity contribution >= 4 is 44.0 Å². The predicted molar refractivity (Wildman–Crippen MR) is 88.1 cm³/mol. The van der Waals surface area contributed by atoms with Crippen molar-refractivity contribution in [3.63, 3.8) is 0 Å². The van der Waals surface area contributed by atoms with Crippen molar-refractivity contribution < 1.29 is 0 Å². The summed E-state index contributed by atoms with van der Waals surface area (Å²) < 4.78 is 1.43. The molecule has 4 heteroatoms. The van der Waals surface area contributed by atoms with Gasteiger partial charge in [0.15, 0.2) is 5.17 Å². The van der Waals surface area contributed by atoms with Gasteiger partial charge in [-0.3, -0.25) is 4.99 Å². The van der Waals surface area contributed by atoms with E-state index in [-0.39, 0.29) is 0 Å². The Kier molecular flexibility index (Phi) is 2.35. The average molecular weight is 298 g/mol. The molecule has 0 amide bonds. The van der Waals surface area contributed by atoms with Gasteiger partial charge in [-0.15, -0.1) is 11.3 Å². The molecule has 5 rings (SSSR count).